The molecule has 1 aromatic rings. The zero-order valence-corrected chi connectivity index (χ0v) is 7.84. The Labute approximate surface area is 81.0 Å². The Kier molecular flexibility index (Phi) is 1.72. The highest BCUT2D eigenvalue weighted by Crippen LogP contribution is 2.32. The lowest BCUT2D eigenvalue weighted by atomic mass is 10.1. The molecule has 0 atom stereocenters. The van der Waals surface area contributed by atoms with Gasteiger partial charge in [0.2, 0.25) is 15.7 Å². The minimum absolute atomic E-state index is 0.0361. The van der Waals surface area contributed by atoms with E-state index in [1.54, 1.807) is 0 Å². The third-order valence-corrected chi connectivity index (χ3v) is 3.46. The quantitative estimate of drug-likeness (QED) is 0.711. The first-order valence-electron chi connectivity index (χ1n) is 3.79. The van der Waals surface area contributed by atoms with Crippen LogP contribution in [0.3, 0.4) is 0 Å². The van der Waals surface area contributed by atoms with Crippen molar-refractivity contribution in [2.45, 2.75) is 4.90 Å². The topological polar surface area (TPSA) is 77.2 Å². The molecule has 0 saturated heterocycles. The van der Waals surface area contributed by atoms with Crippen molar-refractivity contribution in [1.29, 1.82) is 0 Å². The highest BCUT2D eigenvalue weighted by molar-refractivity contribution is 7.95. The van der Waals surface area contributed by atoms with Crippen LogP contribution < -0.4 is 5.73 Å². The van der Waals surface area contributed by atoms with Crippen molar-refractivity contribution < 1.29 is 13.2 Å². The van der Waals surface area contributed by atoms with Gasteiger partial charge < -0.3 is 5.73 Å². The molecule has 71 valence electrons. The number of hydrogen-bond donors (Lipinski definition) is 1. The Morgan fingerprint density at radius 3 is 2.79 bits per heavy atom. The molecule has 1 aromatic carbocycles. The first-order valence-corrected chi connectivity index (χ1v) is 5.34. The second-order valence-corrected chi connectivity index (χ2v) is 4.63. The average molecular weight is 208 g/mol. The maximum atomic E-state index is 11.5. The van der Waals surface area contributed by atoms with E-state index >= 15 is 0 Å². The third-order valence-electron chi connectivity index (χ3n) is 1.96. The van der Waals surface area contributed by atoms with E-state index in [0.29, 0.717) is 5.56 Å². The second kappa shape index (κ2) is 2.68. The number of hydrogen-bond acceptors (Lipinski definition) is 3. The lowest BCUT2D eigenvalue weighted by molar-refractivity contribution is -0.112. The fraction of sp³-hybridized carbons (Fsp3) is 0. The van der Waals surface area contributed by atoms with Crippen molar-refractivity contribution >= 4 is 21.3 Å². The Balaban J connectivity index is 2.79. The van der Waals surface area contributed by atoms with Crippen LogP contribution in [0.1, 0.15) is 5.56 Å². The Morgan fingerprint density at radius 2 is 2.14 bits per heavy atom. The molecule has 1 aliphatic heterocycles. The van der Waals surface area contributed by atoms with Gasteiger partial charge in [0.15, 0.2) is 0 Å². The summed E-state index contributed by atoms with van der Waals surface area (Å²) in [6.07, 6.45) is 0. The van der Waals surface area contributed by atoms with Crippen LogP contribution >= 0.6 is 0 Å². The van der Waals surface area contributed by atoms with Crippen LogP contribution in [-0.4, -0.2) is 14.3 Å². The molecule has 0 bridgehead atoms. The first kappa shape index (κ1) is 8.96. The van der Waals surface area contributed by atoms with Crippen LogP contribution in [0.15, 0.2) is 28.5 Å². The van der Waals surface area contributed by atoms with Gasteiger partial charge in [-0.05, 0) is 12.1 Å². The Morgan fingerprint density at radius 1 is 1.43 bits per heavy atom. The van der Waals surface area contributed by atoms with E-state index in [0.717, 1.165) is 5.41 Å². The fourth-order valence-electron chi connectivity index (χ4n) is 1.35. The summed E-state index contributed by atoms with van der Waals surface area (Å²) in [6.45, 7) is 0. The molecule has 4 nitrogen and oxygen atoms in total. The fourth-order valence-corrected chi connectivity index (χ4v) is 2.74. The summed E-state index contributed by atoms with van der Waals surface area (Å²) >= 11 is 0. The number of rotatable bonds is 1. The maximum absolute atomic E-state index is 11.5. The standard InChI is InChI=1S/C9H6NO3S/c10-9(11)7-5-14(12,13)8-4-2-1-3-6(7)8/h1,3-5H,(H2,10,11). The summed E-state index contributed by atoms with van der Waals surface area (Å²) < 4.78 is 22.9. The molecule has 2 rings (SSSR count). The van der Waals surface area contributed by atoms with Crippen LogP contribution in [0.4, 0.5) is 0 Å². The van der Waals surface area contributed by atoms with Crippen molar-refractivity contribution in [3.05, 3.63) is 35.2 Å². The molecular weight excluding hydrogens is 202 g/mol. The zero-order chi connectivity index (χ0) is 10.3. The summed E-state index contributed by atoms with van der Waals surface area (Å²) in [5.41, 5.74) is 5.45. The van der Waals surface area contributed by atoms with Gasteiger partial charge in [0.05, 0.1) is 10.5 Å². The number of nitrogens with two attached hydrogens (primary N) is 1. The normalized spacial score (nSPS) is 17.3. The van der Waals surface area contributed by atoms with Crippen LogP contribution in [0.25, 0.3) is 5.57 Å². The van der Waals surface area contributed by atoms with E-state index in [1.807, 2.05) is 0 Å². The monoisotopic (exact) mass is 208 g/mol. The average Bonchev–Trinajstić information content (AvgIpc) is 2.40. The summed E-state index contributed by atoms with van der Waals surface area (Å²) in [6, 6.07) is 7.02. The van der Waals surface area contributed by atoms with Gasteiger partial charge in [0.25, 0.3) is 0 Å². The van der Waals surface area contributed by atoms with E-state index in [1.165, 1.54) is 18.2 Å². The predicted molar refractivity (Wildman–Crippen MR) is 49.6 cm³/mol. The van der Waals surface area contributed by atoms with Gasteiger partial charge in [-0.3, -0.25) is 4.79 Å². The Bertz CT molecular complexity index is 543. The van der Waals surface area contributed by atoms with Gasteiger partial charge in [-0.25, -0.2) is 8.42 Å². The SMILES string of the molecule is NC(=O)C1=CS(=O)(=O)c2c[c]ccc21. The second-order valence-electron chi connectivity index (χ2n) is 2.86. The van der Waals surface area contributed by atoms with E-state index in [4.69, 9.17) is 5.73 Å². The predicted octanol–water partition coefficient (Wildman–Crippen LogP) is 0.100. The number of primary amides is 1. The van der Waals surface area contributed by atoms with Gasteiger partial charge in [-0.1, -0.05) is 12.1 Å². The lowest BCUT2D eigenvalue weighted by Crippen LogP contribution is -2.11. The molecule has 0 spiro atoms. The lowest BCUT2D eigenvalue weighted by Gasteiger charge is -1.98. The number of sulfone groups is 1. The largest absolute Gasteiger partial charge is 0.366 e. The van der Waals surface area contributed by atoms with Gasteiger partial charge in [0.1, 0.15) is 0 Å². The first-order chi connectivity index (χ1) is 6.52. The van der Waals surface area contributed by atoms with Crippen LogP contribution in [0.2, 0.25) is 0 Å². The van der Waals surface area contributed by atoms with Crippen molar-refractivity contribution in [1.82, 2.24) is 0 Å². The highest BCUT2D eigenvalue weighted by atomic mass is 32.2. The van der Waals surface area contributed by atoms with Crippen LogP contribution in [0.5, 0.6) is 0 Å². The Hall–Kier alpha value is -1.62. The van der Waals surface area contributed by atoms with Crippen LogP contribution in [0, 0.1) is 6.07 Å². The number of carbonyl (C=O) groups is 1. The van der Waals surface area contributed by atoms with E-state index < -0.39 is 15.7 Å². The van der Waals surface area contributed by atoms with Crippen LogP contribution in [-0.2, 0) is 14.6 Å². The summed E-state index contributed by atoms with van der Waals surface area (Å²) in [7, 11) is -3.49. The van der Waals surface area contributed by atoms with Crippen molar-refractivity contribution in [2.24, 2.45) is 5.73 Å². The molecule has 1 radical (unpaired) electrons. The molecule has 5 heteroatoms. The molecule has 0 aliphatic carbocycles. The number of carbonyl (C=O) groups excluding carboxylic acids is 1. The molecule has 14 heavy (non-hydrogen) atoms. The minimum Gasteiger partial charge on any atom is -0.366 e. The number of fused-ring (bicyclic) bond motifs is 1. The number of amides is 1. The van der Waals surface area contributed by atoms with E-state index in [-0.39, 0.29) is 10.5 Å². The van der Waals surface area contributed by atoms with Crippen molar-refractivity contribution in [3.8, 4) is 0 Å². The zero-order valence-electron chi connectivity index (χ0n) is 7.02. The molecule has 2 N–H and O–H groups in total. The van der Waals surface area contributed by atoms with E-state index in [9.17, 15) is 13.2 Å². The highest BCUT2D eigenvalue weighted by Gasteiger charge is 2.28. The molecule has 0 unspecified atom stereocenters. The van der Waals surface area contributed by atoms with Gasteiger partial charge in [-0.15, -0.1) is 0 Å². The summed E-state index contributed by atoms with van der Waals surface area (Å²) in [5.74, 6) is -0.737. The van der Waals surface area contributed by atoms with Crippen molar-refractivity contribution in [3.63, 3.8) is 0 Å². The molecule has 1 amide bonds. The minimum atomic E-state index is -3.49. The molecule has 1 heterocycles. The summed E-state index contributed by atoms with van der Waals surface area (Å²) in [5, 5.41) is 0.897. The van der Waals surface area contributed by atoms with Crippen molar-refractivity contribution in [2.75, 3.05) is 0 Å². The van der Waals surface area contributed by atoms with Gasteiger partial charge in [-0.2, -0.15) is 0 Å². The number of benzene rings is 1. The van der Waals surface area contributed by atoms with Gasteiger partial charge in [0, 0.05) is 11.0 Å². The third kappa shape index (κ3) is 1.13. The smallest absolute Gasteiger partial charge is 0.250 e. The van der Waals surface area contributed by atoms with E-state index in [2.05, 4.69) is 6.07 Å². The molecule has 0 fully saturated rings. The molecular formula is C9H6NO3S. The molecule has 0 saturated carbocycles. The molecule has 0 aromatic heterocycles. The maximum Gasteiger partial charge on any atom is 0.250 e. The summed E-state index contributed by atoms with van der Waals surface area (Å²) in [4.78, 5) is 11.0. The molecule has 1 aliphatic rings. The van der Waals surface area contributed by atoms with Gasteiger partial charge >= 0.3 is 0 Å².